The van der Waals surface area contributed by atoms with Gasteiger partial charge < -0.3 is 20.9 Å². The molecule has 1 fully saturated rings. The van der Waals surface area contributed by atoms with E-state index in [9.17, 15) is 0 Å². The SMILES string of the molecule is CN1CCN(N=Nc2ccc(-c3cc(-c4cccc(Cl)c4)c4c(NC(N)=S)nc(=S)[nH]c4n3)cc2)CC1. The van der Waals surface area contributed by atoms with Gasteiger partial charge in [-0.15, -0.1) is 5.11 Å². The minimum Gasteiger partial charge on any atom is -0.376 e. The molecule has 0 unspecified atom stereocenters. The molecule has 4 N–H and O–H groups in total. The molecular formula is C25H24ClN9S2. The van der Waals surface area contributed by atoms with Gasteiger partial charge in [0.05, 0.1) is 29.9 Å². The summed E-state index contributed by atoms with van der Waals surface area (Å²) in [6.45, 7) is 3.70. The third-order valence-electron chi connectivity index (χ3n) is 6.00. The molecule has 0 radical (unpaired) electrons. The number of anilines is 1. The monoisotopic (exact) mass is 549 g/mol. The summed E-state index contributed by atoms with van der Waals surface area (Å²) in [6.07, 6.45) is 0. The Morgan fingerprint density at radius 2 is 1.81 bits per heavy atom. The van der Waals surface area contributed by atoms with Gasteiger partial charge in [-0.1, -0.05) is 41.1 Å². The maximum Gasteiger partial charge on any atom is 0.200 e. The van der Waals surface area contributed by atoms with Crippen molar-refractivity contribution in [2.45, 2.75) is 0 Å². The molecule has 2 aromatic heterocycles. The summed E-state index contributed by atoms with van der Waals surface area (Å²) in [4.78, 5) is 14.6. The Bertz CT molecular complexity index is 1540. The number of likely N-dealkylation sites (N-methyl/N-ethyl adjacent to an activating group) is 1. The highest BCUT2D eigenvalue weighted by atomic mass is 35.5. The standard InChI is InChI=1S/C25H24ClN9S2/c1-34-9-11-35(12-10-34)33-32-18-7-5-15(6-8-18)20-14-19(16-3-2-4-17(26)13-16)21-22(28-20)30-25(37)31-23(21)29-24(27)36/h2-8,13-14H,9-12H2,1H3,(H4,27,28,29,30,31,36,37). The summed E-state index contributed by atoms with van der Waals surface area (Å²) in [5, 5.41) is 15.1. The van der Waals surface area contributed by atoms with Gasteiger partial charge in [0.25, 0.3) is 0 Å². The van der Waals surface area contributed by atoms with Gasteiger partial charge >= 0.3 is 0 Å². The molecule has 0 atom stereocenters. The van der Waals surface area contributed by atoms with E-state index in [1.165, 1.54) is 0 Å². The molecule has 1 aliphatic heterocycles. The molecule has 9 nitrogen and oxygen atoms in total. The van der Waals surface area contributed by atoms with Gasteiger partial charge in [0.2, 0.25) is 0 Å². The van der Waals surface area contributed by atoms with Crippen LogP contribution in [0.25, 0.3) is 33.4 Å². The number of fused-ring (bicyclic) bond motifs is 1. The summed E-state index contributed by atoms with van der Waals surface area (Å²) >= 11 is 16.7. The van der Waals surface area contributed by atoms with E-state index >= 15 is 0 Å². The summed E-state index contributed by atoms with van der Waals surface area (Å²) in [6, 6.07) is 17.3. The van der Waals surface area contributed by atoms with Crippen molar-refractivity contribution in [2.75, 3.05) is 38.5 Å². The predicted octanol–water partition coefficient (Wildman–Crippen LogP) is 5.58. The van der Waals surface area contributed by atoms with Crippen molar-refractivity contribution in [1.82, 2.24) is 24.9 Å². The number of thiocarbonyl (C=S) groups is 1. The first-order valence-corrected chi connectivity index (χ1v) is 12.8. The highest BCUT2D eigenvalue weighted by Gasteiger charge is 2.16. The highest BCUT2D eigenvalue weighted by Crippen LogP contribution is 2.36. The van der Waals surface area contributed by atoms with Crippen LogP contribution in [-0.2, 0) is 0 Å². The van der Waals surface area contributed by atoms with Crippen LogP contribution in [0, 0.1) is 4.77 Å². The molecule has 4 aromatic rings. The smallest absolute Gasteiger partial charge is 0.200 e. The lowest BCUT2D eigenvalue weighted by Crippen LogP contribution is -2.41. The zero-order chi connectivity index (χ0) is 25.9. The number of aromatic amines is 1. The van der Waals surface area contributed by atoms with Crippen molar-refractivity contribution in [1.29, 1.82) is 0 Å². The van der Waals surface area contributed by atoms with Crippen molar-refractivity contribution in [3.63, 3.8) is 0 Å². The van der Waals surface area contributed by atoms with Crippen molar-refractivity contribution in [3.8, 4) is 22.4 Å². The van der Waals surface area contributed by atoms with Gasteiger partial charge in [0.1, 0.15) is 11.5 Å². The topological polar surface area (TPSA) is 111 Å². The average molecular weight is 550 g/mol. The van der Waals surface area contributed by atoms with E-state index in [4.69, 9.17) is 46.8 Å². The number of hydrogen-bond acceptors (Lipinski definition) is 7. The first kappa shape index (κ1) is 25.2. The van der Waals surface area contributed by atoms with Gasteiger partial charge in [-0.2, -0.15) is 0 Å². The van der Waals surface area contributed by atoms with Crippen LogP contribution in [0.4, 0.5) is 11.5 Å². The summed E-state index contributed by atoms with van der Waals surface area (Å²) in [7, 11) is 2.11. The van der Waals surface area contributed by atoms with Gasteiger partial charge in [0, 0.05) is 23.7 Å². The fraction of sp³-hybridized carbons (Fsp3) is 0.200. The van der Waals surface area contributed by atoms with Gasteiger partial charge in [-0.05, 0) is 72.9 Å². The molecule has 0 saturated carbocycles. The van der Waals surface area contributed by atoms with Crippen molar-refractivity contribution in [3.05, 3.63) is 64.4 Å². The van der Waals surface area contributed by atoms with Crippen LogP contribution in [0.2, 0.25) is 5.02 Å². The zero-order valence-electron chi connectivity index (χ0n) is 20.0. The van der Waals surface area contributed by atoms with Gasteiger partial charge in [-0.25, -0.2) is 9.97 Å². The second-order valence-electron chi connectivity index (χ2n) is 8.66. The Kier molecular flexibility index (Phi) is 7.38. The van der Waals surface area contributed by atoms with Crippen molar-refractivity contribution >= 4 is 63.7 Å². The van der Waals surface area contributed by atoms with Crippen LogP contribution in [-0.4, -0.2) is 63.2 Å². The van der Waals surface area contributed by atoms with E-state index < -0.39 is 0 Å². The first-order chi connectivity index (χ1) is 17.9. The lowest BCUT2D eigenvalue weighted by molar-refractivity contribution is 0.150. The van der Waals surface area contributed by atoms with Crippen LogP contribution < -0.4 is 11.1 Å². The number of H-pyrrole nitrogens is 1. The predicted molar refractivity (Wildman–Crippen MR) is 155 cm³/mol. The average Bonchev–Trinajstić information content (AvgIpc) is 2.87. The normalized spacial score (nSPS) is 14.4. The van der Waals surface area contributed by atoms with Crippen LogP contribution in [0.1, 0.15) is 0 Å². The number of rotatable bonds is 5. The molecule has 37 heavy (non-hydrogen) atoms. The first-order valence-electron chi connectivity index (χ1n) is 11.6. The maximum atomic E-state index is 6.33. The number of nitrogens with zero attached hydrogens (tertiary/aromatic N) is 6. The Morgan fingerprint density at radius 3 is 2.51 bits per heavy atom. The molecule has 2 aromatic carbocycles. The molecule has 1 saturated heterocycles. The second kappa shape index (κ2) is 10.9. The van der Waals surface area contributed by atoms with E-state index in [1.807, 2.05) is 59.6 Å². The van der Waals surface area contributed by atoms with Crippen LogP contribution in [0.5, 0.6) is 0 Å². The van der Waals surface area contributed by atoms with E-state index in [-0.39, 0.29) is 9.88 Å². The molecule has 3 heterocycles. The molecular weight excluding hydrogens is 526 g/mol. The highest BCUT2D eigenvalue weighted by molar-refractivity contribution is 7.80. The van der Waals surface area contributed by atoms with Gasteiger partial charge in [0.15, 0.2) is 9.88 Å². The van der Waals surface area contributed by atoms with Crippen molar-refractivity contribution in [2.24, 2.45) is 16.1 Å². The summed E-state index contributed by atoms with van der Waals surface area (Å²) in [5.74, 6) is 0.431. The number of aromatic nitrogens is 3. The van der Waals surface area contributed by atoms with E-state index in [2.05, 4.69) is 37.6 Å². The minimum atomic E-state index is 0.0804. The quantitative estimate of drug-likeness (QED) is 0.219. The number of piperazine rings is 1. The lowest BCUT2D eigenvalue weighted by atomic mass is 9.99. The lowest BCUT2D eigenvalue weighted by Gasteiger charge is -2.29. The summed E-state index contributed by atoms with van der Waals surface area (Å²) in [5.41, 5.74) is 10.5. The maximum absolute atomic E-state index is 6.33. The fourth-order valence-corrected chi connectivity index (χ4v) is 4.57. The molecule has 188 valence electrons. The molecule has 0 amide bonds. The van der Waals surface area contributed by atoms with Crippen LogP contribution in [0.15, 0.2) is 64.9 Å². The molecule has 5 rings (SSSR count). The largest absolute Gasteiger partial charge is 0.376 e. The van der Waals surface area contributed by atoms with Crippen LogP contribution in [0.3, 0.4) is 0 Å². The third-order valence-corrected chi connectivity index (χ3v) is 6.53. The third kappa shape index (κ3) is 5.91. The number of nitrogens with one attached hydrogen (secondary N) is 2. The number of halogens is 1. The van der Waals surface area contributed by atoms with Crippen LogP contribution >= 0.6 is 36.0 Å². The Labute approximate surface area is 229 Å². The van der Waals surface area contributed by atoms with E-state index in [0.717, 1.165) is 54.3 Å². The van der Waals surface area contributed by atoms with E-state index in [1.54, 1.807) is 0 Å². The Hall–Kier alpha value is -3.51. The Balaban J connectivity index is 1.56. The molecule has 0 spiro atoms. The minimum absolute atomic E-state index is 0.0804. The van der Waals surface area contributed by atoms with E-state index in [0.29, 0.717) is 21.9 Å². The Morgan fingerprint density at radius 1 is 1.05 bits per heavy atom. The number of nitrogens with two attached hydrogens (primary N) is 1. The molecule has 12 heteroatoms. The van der Waals surface area contributed by atoms with Gasteiger partial charge in [-0.3, -0.25) is 5.01 Å². The molecule has 1 aliphatic rings. The molecule has 0 bridgehead atoms. The number of benzene rings is 2. The zero-order valence-corrected chi connectivity index (χ0v) is 22.4. The summed E-state index contributed by atoms with van der Waals surface area (Å²) < 4.78 is 0.257. The molecule has 0 aliphatic carbocycles. The number of pyridine rings is 1. The number of hydrogen-bond donors (Lipinski definition) is 3. The van der Waals surface area contributed by atoms with Crippen molar-refractivity contribution < 1.29 is 0 Å². The second-order valence-corrected chi connectivity index (χ2v) is 9.93. The fourth-order valence-electron chi connectivity index (χ4n) is 4.10.